The van der Waals surface area contributed by atoms with Crippen LogP contribution in [0.25, 0.3) is 11.3 Å². The molecule has 0 saturated carbocycles. The van der Waals surface area contributed by atoms with Crippen molar-refractivity contribution in [2.45, 2.75) is 56.5 Å². The molecule has 3 rings (SSSR count). The summed E-state index contributed by atoms with van der Waals surface area (Å²) in [5.41, 5.74) is 1.38. The lowest BCUT2D eigenvalue weighted by molar-refractivity contribution is -0.139. The van der Waals surface area contributed by atoms with Crippen molar-refractivity contribution >= 4 is 33.9 Å². The minimum absolute atomic E-state index is 0.279. The van der Waals surface area contributed by atoms with Crippen LogP contribution in [0, 0.1) is 0 Å². The van der Waals surface area contributed by atoms with Gasteiger partial charge in [0.25, 0.3) is 0 Å². The van der Waals surface area contributed by atoms with Crippen LogP contribution in [-0.2, 0) is 6.18 Å². The van der Waals surface area contributed by atoms with Crippen LogP contribution in [0.4, 0.5) is 24.0 Å². The van der Waals surface area contributed by atoms with Gasteiger partial charge in [0.1, 0.15) is 0 Å². The summed E-state index contributed by atoms with van der Waals surface area (Å²) in [6.45, 7) is 2.17. The van der Waals surface area contributed by atoms with Gasteiger partial charge < -0.3 is 5.32 Å². The van der Waals surface area contributed by atoms with Gasteiger partial charge in [-0.25, -0.2) is 4.98 Å². The highest BCUT2D eigenvalue weighted by molar-refractivity contribution is 7.99. The largest absolute Gasteiger partial charge is 0.417 e. The van der Waals surface area contributed by atoms with Crippen molar-refractivity contribution in [2.75, 3.05) is 11.1 Å². The van der Waals surface area contributed by atoms with Crippen molar-refractivity contribution in [3.05, 3.63) is 53.7 Å². The van der Waals surface area contributed by atoms with Crippen LogP contribution in [0.1, 0.15) is 51.0 Å². The Balaban J connectivity index is 1.64. The Bertz CT molecular complexity index is 943. The number of benzene rings is 1. The van der Waals surface area contributed by atoms with Crippen LogP contribution in [0.3, 0.4) is 0 Å². The van der Waals surface area contributed by atoms with Crippen molar-refractivity contribution in [1.29, 1.82) is 0 Å². The zero-order valence-electron chi connectivity index (χ0n) is 17.4. The van der Waals surface area contributed by atoms with Crippen LogP contribution in [0.5, 0.6) is 0 Å². The molecule has 2 heterocycles. The van der Waals surface area contributed by atoms with E-state index in [1.54, 1.807) is 24.5 Å². The van der Waals surface area contributed by atoms with Crippen LogP contribution in [0.15, 0.2) is 53.0 Å². The fourth-order valence-corrected chi connectivity index (χ4v) is 4.92. The SMILES string of the molecule is CCCCCCCCSc1ccc(Nc2nc(-c3cccnc3)cs2)cc1C(F)(F)F. The van der Waals surface area contributed by atoms with Gasteiger partial charge in [-0.15, -0.1) is 23.1 Å². The summed E-state index contributed by atoms with van der Waals surface area (Å²) in [5, 5.41) is 5.40. The average molecular weight is 466 g/mol. The number of pyridine rings is 1. The quantitative estimate of drug-likeness (QED) is 0.228. The Morgan fingerprint density at radius 3 is 2.61 bits per heavy atom. The van der Waals surface area contributed by atoms with Crippen LogP contribution in [0.2, 0.25) is 0 Å². The van der Waals surface area contributed by atoms with Crippen LogP contribution in [-0.4, -0.2) is 15.7 Å². The number of anilines is 2. The highest BCUT2D eigenvalue weighted by atomic mass is 32.2. The smallest absolute Gasteiger partial charge is 0.332 e. The third-order valence-electron chi connectivity index (χ3n) is 4.75. The minimum Gasteiger partial charge on any atom is -0.332 e. The molecule has 31 heavy (non-hydrogen) atoms. The number of thiazole rings is 1. The summed E-state index contributed by atoms with van der Waals surface area (Å²) >= 11 is 2.63. The lowest BCUT2D eigenvalue weighted by Crippen LogP contribution is -2.08. The highest BCUT2D eigenvalue weighted by Crippen LogP contribution is 2.39. The van der Waals surface area contributed by atoms with Crippen LogP contribution < -0.4 is 5.32 Å². The summed E-state index contributed by atoms with van der Waals surface area (Å²) < 4.78 is 40.9. The first kappa shape index (κ1) is 23.6. The Hall–Kier alpha value is -2.06. The normalized spacial score (nSPS) is 11.6. The number of alkyl halides is 3. The second-order valence-electron chi connectivity index (χ2n) is 7.23. The van der Waals surface area contributed by atoms with Gasteiger partial charge in [-0.05, 0) is 42.5 Å². The van der Waals surface area contributed by atoms with Crippen molar-refractivity contribution in [3.8, 4) is 11.3 Å². The predicted octanol–water partition coefficient (Wildman–Crippen LogP) is 8.42. The van der Waals surface area contributed by atoms with Crippen molar-refractivity contribution in [1.82, 2.24) is 9.97 Å². The van der Waals surface area contributed by atoms with Gasteiger partial charge in [0.2, 0.25) is 0 Å². The second kappa shape index (κ2) is 11.5. The molecule has 166 valence electrons. The summed E-state index contributed by atoms with van der Waals surface area (Å²) in [7, 11) is 0. The standard InChI is InChI=1S/C23H26F3N3S2/c1-2-3-4-5-6-7-13-30-21-11-10-18(14-19(21)23(24,25)26)28-22-29-20(16-31-22)17-9-8-12-27-15-17/h8-12,14-16H,2-7,13H2,1H3,(H,28,29). The van der Waals surface area contributed by atoms with Gasteiger partial charge in [0, 0.05) is 33.9 Å². The summed E-state index contributed by atoms with van der Waals surface area (Å²) in [5.74, 6) is 0.697. The molecule has 1 aromatic carbocycles. The molecule has 3 nitrogen and oxygen atoms in total. The highest BCUT2D eigenvalue weighted by Gasteiger charge is 2.33. The molecule has 0 saturated heterocycles. The first-order valence-corrected chi connectivity index (χ1v) is 12.3. The van der Waals surface area contributed by atoms with Crippen molar-refractivity contribution in [3.63, 3.8) is 0 Å². The third kappa shape index (κ3) is 7.25. The number of nitrogens with zero attached hydrogens (tertiary/aromatic N) is 2. The Morgan fingerprint density at radius 2 is 1.87 bits per heavy atom. The van der Waals surface area contributed by atoms with Gasteiger partial charge in [0.05, 0.1) is 11.3 Å². The van der Waals surface area contributed by atoms with E-state index in [9.17, 15) is 13.2 Å². The number of hydrogen-bond acceptors (Lipinski definition) is 5. The zero-order chi connectivity index (χ0) is 22.1. The summed E-state index contributed by atoms with van der Waals surface area (Å²) in [6.07, 6.45) is 5.76. The lowest BCUT2D eigenvalue weighted by Gasteiger charge is -2.14. The Labute approximate surface area is 189 Å². The fraction of sp³-hybridized carbons (Fsp3) is 0.391. The van der Waals surface area contributed by atoms with Crippen molar-refractivity contribution < 1.29 is 13.2 Å². The maximum atomic E-state index is 13.6. The second-order valence-corrected chi connectivity index (χ2v) is 9.22. The molecule has 0 atom stereocenters. The molecule has 0 aliphatic carbocycles. The first-order chi connectivity index (χ1) is 15.0. The molecule has 1 N–H and O–H groups in total. The predicted molar refractivity (Wildman–Crippen MR) is 124 cm³/mol. The molecule has 3 aromatic rings. The third-order valence-corrected chi connectivity index (χ3v) is 6.67. The average Bonchev–Trinajstić information content (AvgIpc) is 3.22. The van der Waals surface area contributed by atoms with E-state index >= 15 is 0 Å². The molecule has 0 spiro atoms. The van der Waals surface area contributed by atoms with Gasteiger partial charge in [-0.2, -0.15) is 13.2 Å². The molecular formula is C23H26F3N3S2. The Morgan fingerprint density at radius 1 is 1.06 bits per heavy atom. The van der Waals surface area contributed by atoms with Gasteiger partial charge in [-0.1, -0.05) is 39.0 Å². The number of unbranched alkanes of at least 4 members (excludes halogenated alkanes) is 5. The maximum absolute atomic E-state index is 13.6. The number of thioether (sulfide) groups is 1. The van der Waals surface area contributed by atoms with Gasteiger partial charge in [-0.3, -0.25) is 4.98 Å². The molecular weight excluding hydrogens is 439 g/mol. The summed E-state index contributed by atoms with van der Waals surface area (Å²) in [4.78, 5) is 8.81. The number of nitrogens with one attached hydrogen (secondary N) is 1. The van der Waals surface area contributed by atoms with Crippen molar-refractivity contribution in [2.24, 2.45) is 0 Å². The monoisotopic (exact) mass is 465 g/mol. The Kier molecular flexibility index (Phi) is 8.78. The van der Waals surface area contributed by atoms with Gasteiger partial charge in [0.15, 0.2) is 5.13 Å². The van der Waals surface area contributed by atoms with E-state index in [1.165, 1.54) is 48.4 Å². The number of rotatable bonds is 11. The van der Waals surface area contributed by atoms with Gasteiger partial charge >= 0.3 is 6.18 Å². The van der Waals surface area contributed by atoms with E-state index in [4.69, 9.17) is 0 Å². The van der Waals surface area contributed by atoms with E-state index in [0.29, 0.717) is 16.6 Å². The molecule has 0 aliphatic heterocycles. The van der Waals surface area contributed by atoms with Crippen LogP contribution >= 0.6 is 23.1 Å². The number of halogens is 3. The maximum Gasteiger partial charge on any atom is 0.417 e. The molecule has 0 unspecified atom stereocenters. The number of aromatic nitrogens is 2. The number of hydrogen-bond donors (Lipinski definition) is 1. The minimum atomic E-state index is -4.40. The van der Waals surface area contributed by atoms with E-state index in [0.717, 1.165) is 30.5 Å². The first-order valence-electron chi connectivity index (χ1n) is 10.4. The molecule has 0 bridgehead atoms. The summed E-state index contributed by atoms with van der Waals surface area (Å²) in [6, 6.07) is 8.13. The molecule has 0 fully saturated rings. The lowest BCUT2D eigenvalue weighted by atomic mass is 10.1. The molecule has 8 heteroatoms. The van der Waals surface area contributed by atoms with E-state index < -0.39 is 11.7 Å². The van der Waals surface area contributed by atoms with E-state index in [1.807, 2.05) is 17.5 Å². The molecule has 0 aliphatic rings. The molecule has 2 aromatic heterocycles. The zero-order valence-corrected chi connectivity index (χ0v) is 19.0. The fourth-order valence-electron chi connectivity index (χ4n) is 3.12. The van der Waals surface area contributed by atoms with E-state index in [2.05, 4.69) is 22.2 Å². The molecule has 0 amide bonds. The molecule has 0 radical (unpaired) electrons. The van der Waals surface area contributed by atoms with E-state index in [-0.39, 0.29) is 4.90 Å². The topological polar surface area (TPSA) is 37.8 Å².